The lowest BCUT2D eigenvalue weighted by molar-refractivity contribution is -0.128. The lowest BCUT2D eigenvalue weighted by Crippen LogP contribution is -2.23. The Hall–Kier alpha value is -2.95. The van der Waals surface area contributed by atoms with E-state index in [1.54, 1.807) is 24.3 Å². The van der Waals surface area contributed by atoms with Gasteiger partial charge in [-0.1, -0.05) is 50.2 Å². The molecule has 3 rings (SSSR count). The van der Waals surface area contributed by atoms with E-state index in [2.05, 4.69) is 13.8 Å². The number of esters is 1. The van der Waals surface area contributed by atoms with E-state index in [9.17, 15) is 14.4 Å². The average Bonchev–Trinajstić information content (AvgIpc) is 3.16. The number of carbonyl (C=O) groups excluding carboxylic acids is 3. The predicted octanol–water partition coefficient (Wildman–Crippen LogP) is 4.36. The molecule has 0 aromatic heterocycles. The maximum absolute atomic E-state index is 12.3. The number of nitrogens with zero attached hydrogens (tertiary/aromatic N) is 1. The van der Waals surface area contributed by atoms with Gasteiger partial charge in [0.05, 0.1) is 5.56 Å². The lowest BCUT2D eigenvalue weighted by Gasteiger charge is -2.15. The third-order valence-corrected chi connectivity index (χ3v) is 5.48. The number of benzene rings is 2. The van der Waals surface area contributed by atoms with Crippen LogP contribution in [0.5, 0.6) is 0 Å². The normalized spacial score (nSPS) is 14.7. The van der Waals surface area contributed by atoms with Gasteiger partial charge in [-0.25, -0.2) is 4.79 Å². The third-order valence-electron chi connectivity index (χ3n) is 5.48. The zero-order valence-electron chi connectivity index (χ0n) is 17.0. The Morgan fingerprint density at radius 2 is 1.69 bits per heavy atom. The average molecular weight is 393 g/mol. The summed E-state index contributed by atoms with van der Waals surface area (Å²) >= 11 is 0. The highest BCUT2D eigenvalue weighted by Crippen LogP contribution is 2.19. The highest BCUT2D eigenvalue weighted by Gasteiger charge is 2.20. The highest BCUT2D eigenvalue weighted by atomic mass is 16.5. The standard InChI is InChI=1S/C24H27NO4/c1-3-17(2)19-10-12-20(13-11-19)22(26)16-29-24(28)21-8-6-18(7-9-21)15-25-14-4-5-23(25)27/h6-13,17H,3-5,14-16H2,1-2H3/t17-/m1/s1. The highest BCUT2D eigenvalue weighted by molar-refractivity contribution is 5.99. The molecule has 0 unspecified atom stereocenters. The summed E-state index contributed by atoms with van der Waals surface area (Å²) in [5.74, 6) is -0.135. The lowest BCUT2D eigenvalue weighted by atomic mass is 9.97. The van der Waals surface area contributed by atoms with Gasteiger partial charge in [-0.3, -0.25) is 9.59 Å². The second-order valence-electron chi connectivity index (χ2n) is 7.55. The summed E-state index contributed by atoms with van der Waals surface area (Å²) in [4.78, 5) is 38.1. The van der Waals surface area contributed by atoms with Crippen LogP contribution in [0.3, 0.4) is 0 Å². The fraction of sp³-hybridized carbons (Fsp3) is 0.375. The fourth-order valence-electron chi connectivity index (χ4n) is 3.37. The van der Waals surface area contributed by atoms with Crippen LogP contribution in [0.2, 0.25) is 0 Å². The van der Waals surface area contributed by atoms with E-state index in [0.29, 0.717) is 30.0 Å². The van der Waals surface area contributed by atoms with E-state index >= 15 is 0 Å². The molecule has 152 valence electrons. The molecule has 2 aromatic carbocycles. The number of ketones is 1. The van der Waals surface area contributed by atoms with Crippen molar-refractivity contribution in [2.75, 3.05) is 13.2 Å². The maximum atomic E-state index is 12.3. The summed E-state index contributed by atoms with van der Waals surface area (Å²) in [7, 11) is 0. The second-order valence-corrected chi connectivity index (χ2v) is 7.55. The minimum absolute atomic E-state index is 0.171. The van der Waals surface area contributed by atoms with Gasteiger partial charge in [-0.2, -0.15) is 0 Å². The Bertz CT molecular complexity index is 871. The van der Waals surface area contributed by atoms with Gasteiger partial charge in [0, 0.05) is 25.1 Å². The first-order valence-electron chi connectivity index (χ1n) is 10.1. The number of Topliss-reactive ketones (excluding diaryl/α,β-unsaturated/α-hetero) is 1. The Labute approximate surface area is 171 Å². The zero-order valence-corrected chi connectivity index (χ0v) is 17.0. The van der Waals surface area contributed by atoms with Crippen LogP contribution < -0.4 is 0 Å². The van der Waals surface area contributed by atoms with Gasteiger partial charge in [0.15, 0.2) is 12.4 Å². The van der Waals surface area contributed by atoms with E-state index in [0.717, 1.165) is 24.9 Å². The van der Waals surface area contributed by atoms with Crippen LogP contribution in [-0.4, -0.2) is 35.7 Å². The van der Waals surface area contributed by atoms with Crippen LogP contribution in [-0.2, 0) is 16.1 Å². The van der Waals surface area contributed by atoms with E-state index in [4.69, 9.17) is 4.74 Å². The smallest absolute Gasteiger partial charge is 0.338 e. The molecule has 0 N–H and O–H groups in total. The number of carbonyl (C=O) groups is 3. The molecular weight excluding hydrogens is 366 g/mol. The molecule has 0 bridgehead atoms. The van der Waals surface area contributed by atoms with Crippen LogP contribution >= 0.6 is 0 Å². The Morgan fingerprint density at radius 3 is 2.28 bits per heavy atom. The van der Waals surface area contributed by atoms with Gasteiger partial charge in [0.2, 0.25) is 5.91 Å². The van der Waals surface area contributed by atoms with Gasteiger partial charge < -0.3 is 9.64 Å². The maximum Gasteiger partial charge on any atom is 0.338 e. The van der Waals surface area contributed by atoms with Crippen LogP contribution in [0.4, 0.5) is 0 Å². The molecule has 0 radical (unpaired) electrons. The molecule has 1 aliphatic heterocycles. The number of rotatable bonds is 8. The molecule has 1 saturated heterocycles. The molecule has 1 atom stereocenters. The topological polar surface area (TPSA) is 63.7 Å². The molecule has 1 heterocycles. The first-order chi connectivity index (χ1) is 14.0. The van der Waals surface area contributed by atoms with Crippen molar-refractivity contribution in [1.82, 2.24) is 4.90 Å². The monoisotopic (exact) mass is 393 g/mol. The van der Waals surface area contributed by atoms with Gasteiger partial charge in [0.1, 0.15) is 0 Å². The molecule has 0 aliphatic carbocycles. The molecular formula is C24H27NO4. The van der Waals surface area contributed by atoms with E-state index in [1.807, 2.05) is 29.2 Å². The minimum atomic E-state index is -0.529. The summed E-state index contributed by atoms with van der Waals surface area (Å²) < 4.78 is 5.18. The van der Waals surface area contributed by atoms with Crippen molar-refractivity contribution in [3.63, 3.8) is 0 Å². The fourth-order valence-corrected chi connectivity index (χ4v) is 3.37. The largest absolute Gasteiger partial charge is 0.454 e. The Morgan fingerprint density at radius 1 is 1.03 bits per heavy atom. The SMILES string of the molecule is CC[C@@H](C)c1ccc(C(=O)COC(=O)c2ccc(CN3CCCC3=O)cc2)cc1. The first kappa shape index (κ1) is 20.8. The van der Waals surface area contributed by atoms with E-state index < -0.39 is 5.97 Å². The molecule has 2 aromatic rings. The van der Waals surface area contributed by atoms with Gasteiger partial charge in [0.25, 0.3) is 0 Å². The quantitative estimate of drug-likeness (QED) is 0.494. The zero-order chi connectivity index (χ0) is 20.8. The number of likely N-dealkylation sites (tertiary alicyclic amines) is 1. The molecule has 0 spiro atoms. The molecule has 1 fully saturated rings. The summed E-state index contributed by atoms with van der Waals surface area (Å²) in [5.41, 5.74) is 3.09. The Kier molecular flexibility index (Phi) is 6.81. The van der Waals surface area contributed by atoms with Crippen LogP contribution in [0.25, 0.3) is 0 Å². The Balaban J connectivity index is 1.52. The molecule has 5 heteroatoms. The van der Waals surface area contributed by atoms with Crippen molar-refractivity contribution in [2.24, 2.45) is 0 Å². The van der Waals surface area contributed by atoms with Gasteiger partial charge in [-0.05, 0) is 42.0 Å². The second kappa shape index (κ2) is 9.50. The van der Waals surface area contributed by atoms with Crippen molar-refractivity contribution in [2.45, 2.75) is 45.6 Å². The van der Waals surface area contributed by atoms with E-state index in [-0.39, 0.29) is 18.3 Å². The molecule has 29 heavy (non-hydrogen) atoms. The molecule has 1 aliphatic rings. The van der Waals surface area contributed by atoms with Gasteiger partial charge >= 0.3 is 5.97 Å². The van der Waals surface area contributed by atoms with Crippen molar-refractivity contribution >= 4 is 17.7 Å². The molecule has 0 saturated carbocycles. The van der Waals surface area contributed by atoms with Crippen LogP contribution in [0.1, 0.15) is 70.9 Å². The number of hydrogen-bond donors (Lipinski definition) is 0. The third kappa shape index (κ3) is 5.31. The summed E-state index contributed by atoms with van der Waals surface area (Å²) in [6, 6.07) is 14.4. The van der Waals surface area contributed by atoms with Crippen molar-refractivity contribution in [3.8, 4) is 0 Å². The molecule has 5 nitrogen and oxygen atoms in total. The molecule has 1 amide bonds. The summed E-state index contributed by atoms with van der Waals surface area (Å²) in [6.45, 7) is 5.32. The van der Waals surface area contributed by atoms with Crippen LogP contribution in [0.15, 0.2) is 48.5 Å². The summed E-state index contributed by atoms with van der Waals surface area (Å²) in [6.07, 6.45) is 2.55. The van der Waals surface area contributed by atoms with E-state index in [1.165, 1.54) is 5.56 Å². The van der Waals surface area contributed by atoms with Crippen LogP contribution in [0, 0.1) is 0 Å². The van der Waals surface area contributed by atoms with Crippen molar-refractivity contribution in [3.05, 3.63) is 70.8 Å². The van der Waals surface area contributed by atoms with Crippen molar-refractivity contribution in [1.29, 1.82) is 0 Å². The minimum Gasteiger partial charge on any atom is -0.454 e. The first-order valence-corrected chi connectivity index (χ1v) is 10.1. The van der Waals surface area contributed by atoms with Crippen molar-refractivity contribution < 1.29 is 19.1 Å². The summed E-state index contributed by atoms with van der Waals surface area (Å²) in [5, 5.41) is 0. The van der Waals surface area contributed by atoms with Gasteiger partial charge in [-0.15, -0.1) is 0 Å². The number of ether oxygens (including phenoxy) is 1. The number of hydrogen-bond acceptors (Lipinski definition) is 4. The predicted molar refractivity (Wildman–Crippen MR) is 111 cm³/mol. The number of amides is 1.